The number of amides is 1. The zero-order valence-corrected chi connectivity index (χ0v) is 16.7. The Labute approximate surface area is 156 Å². The fourth-order valence-electron chi connectivity index (χ4n) is 2.00. The zero-order chi connectivity index (χ0) is 19.6. The van der Waals surface area contributed by atoms with Crippen molar-refractivity contribution in [2.75, 3.05) is 26.7 Å². The lowest BCUT2D eigenvalue weighted by Gasteiger charge is -2.29. The van der Waals surface area contributed by atoms with Crippen molar-refractivity contribution in [3.8, 4) is 5.75 Å². The van der Waals surface area contributed by atoms with E-state index in [0.717, 1.165) is 5.75 Å². The minimum absolute atomic E-state index is 0.441. The summed E-state index contributed by atoms with van der Waals surface area (Å²) in [6.45, 7) is 10.9. The molecular formula is C19H32N4O3. The number of hydrogen-bond acceptors (Lipinski definition) is 4. The first-order chi connectivity index (χ1) is 12.1. The lowest BCUT2D eigenvalue weighted by atomic mass is 10.1. The molecule has 0 radical (unpaired) electrons. The third kappa shape index (κ3) is 9.76. The van der Waals surface area contributed by atoms with Gasteiger partial charge in [-0.1, -0.05) is 18.2 Å². The average molecular weight is 364 g/mol. The van der Waals surface area contributed by atoms with Crippen molar-refractivity contribution in [3.05, 3.63) is 30.3 Å². The van der Waals surface area contributed by atoms with Crippen LogP contribution in [0.25, 0.3) is 0 Å². The van der Waals surface area contributed by atoms with E-state index in [9.17, 15) is 4.79 Å². The van der Waals surface area contributed by atoms with Crippen molar-refractivity contribution in [1.29, 1.82) is 0 Å². The van der Waals surface area contributed by atoms with Gasteiger partial charge in [0.25, 0.3) is 0 Å². The standard InChI is InChI=1S/C19H32N4O3/c1-18(2,3)26-17(24)23-19(4,5)14-22-16(20-6)21-12-13-25-15-10-8-7-9-11-15/h7-11H,12-14H2,1-6H3,(H,23,24)(H2,20,21,22). The zero-order valence-electron chi connectivity index (χ0n) is 16.7. The van der Waals surface area contributed by atoms with Crippen LogP contribution in [0.3, 0.4) is 0 Å². The van der Waals surface area contributed by atoms with Gasteiger partial charge in [-0.25, -0.2) is 4.79 Å². The van der Waals surface area contributed by atoms with Crippen LogP contribution in [-0.4, -0.2) is 49.9 Å². The Bertz CT molecular complexity index is 580. The van der Waals surface area contributed by atoms with E-state index < -0.39 is 17.2 Å². The average Bonchev–Trinajstić information content (AvgIpc) is 2.52. The van der Waals surface area contributed by atoms with Crippen molar-refractivity contribution < 1.29 is 14.3 Å². The SMILES string of the molecule is CN=C(NCCOc1ccccc1)NCC(C)(C)NC(=O)OC(C)(C)C. The molecule has 1 aromatic rings. The first-order valence-corrected chi connectivity index (χ1v) is 8.75. The van der Waals surface area contributed by atoms with Crippen LogP contribution in [0.2, 0.25) is 0 Å². The number of ether oxygens (including phenoxy) is 2. The molecule has 3 N–H and O–H groups in total. The van der Waals surface area contributed by atoms with Gasteiger partial charge in [-0.3, -0.25) is 4.99 Å². The number of rotatable bonds is 7. The van der Waals surface area contributed by atoms with Crippen LogP contribution in [0.5, 0.6) is 5.75 Å². The van der Waals surface area contributed by atoms with Gasteiger partial charge in [0.15, 0.2) is 5.96 Å². The number of hydrogen-bond donors (Lipinski definition) is 3. The van der Waals surface area contributed by atoms with E-state index >= 15 is 0 Å². The molecule has 7 nitrogen and oxygen atoms in total. The molecule has 0 unspecified atom stereocenters. The molecule has 1 amide bonds. The summed E-state index contributed by atoms with van der Waals surface area (Å²) in [6, 6.07) is 9.64. The third-order valence-electron chi connectivity index (χ3n) is 3.17. The molecule has 0 fully saturated rings. The number of carbonyl (C=O) groups excluding carboxylic acids is 1. The Morgan fingerprint density at radius 2 is 1.73 bits per heavy atom. The van der Waals surface area contributed by atoms with E-state index in [1.54, 1.807) is 7.05 Å². The largest absolute Gasteiger partial charge is 0.492 e. The maximum atomic E-state index is 11.9. The molecule has 0 saturated carbocycles. The smallest absolute Gasteiger partial charge is 0.408 e. The lowest BCUT2D eigenvalue weighted by Crippen LogP contribution is -2.54. The lowest BCUT2D eigenvalue weighted by molar-refractivity contribution is 0.0474. The Morgan fingerprint density at radius 1 is 1.08 bits per heavy atom. The van der Waals surface area contributed by atoms with Crippen molar-refractivity contribution >= 4 is 12.1 Å². The van der Waals surface area contributed by atoms with E-state index in [1.807, 2.05) is 65.0 Å². The Hall–Kier alpha value is -2.44. The third-order valence-corrected chi connectivity index (χ3v) is 3.17. The normalized spacial score (nSPS) is 12.3. The van der Waals surface area contributed by atoms with Gasteiger partial charge < -0.3 is 25.4 Å². The van der Waals surface area contributed by atoms with Crippen molar-refractivity contribution in [1.82, 2.24) is 16.0 Å². The molecule has 0 spiro atoms. The van der Waals surface area contributed by atoms with E-state index in [2.05, 4.69) is 20.9 Å². The van der Waals surface area contributed by atoms with Crippen LogP contribution in [0.1, 0.15) is 34.6 Å². The maximum Gasteiger partial charge on any atom is 0.408 e. The van der Waals surface area contributed by atoms with Gasteiger partial charge in [0.05, 0.1) is 12.1 Å². The quantitative estimate of drug-likeness (QED) is 0.393. The summed E-state index contributed by atoms with van der Waals surface area (Å²) >= 11 is 0. The Kier molecular flexibility index (Phi) is 8.22. The predicted octanol–water partition coefficient (Wildman–Crippen LogP) is 2.53. The number of nitrogens with zero attached hydrogens (tertiary/aromatic N) is 1. The second-order valence-corrected chi connectivity index (χ2v) is 7.52. The summed E-state index contributed by atoms with van der Waals surface area (Å²) in [6.07, 6.45) is -0.441. The van der Waals surface area contributed by atoms with Crippen LogP contribution < -0.4 is 20.7 Å². The Balaban J connectivity index is 2.32. The van der Waals surface area contributed by atoms with Gasteiger partial charge in [0.1, 0.15) is 18.0 Å². The summed E-state index contributed by atoms with van der Waals surface area (Å²) in [5.74, 6) is 1.47. The molecule has 26 heavy (non-hydrogen) atoms. The molecule has 146 valence electrons. The summed E-state index contributed by atoms with van der Waals surface area (Å²) in [5, 5.41) is 9.21. The highest BCUT2D eigenvalue weighted by molar-refractivity contribution is 5.79. The number of guanidine groups is 1. The summed E-state index contributed by atoms with van der Waals surface area (Å²) < 4.78 is 10.9. The van der Waals surface area contributed by atoms with Gasteiger partial charge in [-0.05, 0) is 46.8 Å². The molecule has 7 heteroatoms. The summed E-state index contributed by atoms with van der Waals surface area (Å²) in [7, 11) is 1.70. The molecular weight excluding hydrogens is 332 g/mol. The van der Waals surface area contributed by atoms with Crippen LogP contribution in [-0.2, 0) is 4.74 Å². The summed E-state index contributed by atoms with van der Waals surface area (Å²) in [5.41, 5.74) is -1.02. The number of alkyl carbamates (subject to hydrolysis) is 1. The van der Waals surface area contributed by atoms with Crippen LogP contribution in [0.15, 0.2) is 35.3 Å². The molecule has 0 saturated heterocycles. The monoisotopic (exact) mass is 364 g/mol. The van der Waals surface area contributed by atoms with Gasteiger partial charge >= 0.3 is 6.09 Å². The van der Waals surface area contributed by atoms with Crippen LogP contribution in [0.4, 0.5) is 4.79 Å². The van der Waals surface area contributed by atoms with E-state index in [-0.39, 0.29) is 0 Å². The second kappa shape index (κ2) is 9.89. The highest BCUT2D eigenvalue weighted by Gasteiger charge is 2.24. The second-order valence-electron chi connectivity index (χ2n) is 7.52. The fraction of sp³-hybridized carbons (Fsp3) is 0.579. The minimum Gasteiger partial charge on any atom is -0.492 e. The molecule has 1 rings (SSSR count). The first-order valence-electron chi connectivity index (χ1n) is 8.75. The molecule has 0 heterocycles. The van der Waals surface area contributed by atoms with Crippen molar-refractivity contribution in [2.24, 2.45) is 4.99 Å². The number of nitrogens with one attached hydrogen (secondary N) is 3. The molecule has 0 aliphatic rings. The van der Waals surface area contributed by atoms with E-state index in [4.69, 9.17) is 9.47 Å². The summed E-state index contributed by atoms with van der Waals surface area (Å²) in [4.78, 5) is 16.1. The van der Waals surface area contributed by atoms with Crippen molar-refractivity contribution in [2.45, 2.75) is 45.8 Å². The fourth-order valence-corrected chi connectivity index (χ4v) is 2.00. The first kappa shape index (κ1) is 21.6. The topological polar surface area (TPSA) is 84.0 Å². The van der Waals surface area contributed by atoms with Gasteiger partial charge in [0, 0.05) is 13.6 Å². The van der Waals surface area contributed by atoms with Gasteiger partial charge in [-0.2, -0.15) is 0 Å². The highest BCUT2D eigenvalue weighted by atomic mass is 16.6. The molecule has 0 aliphatic carbocycles. The Morgan fingerprint density at radius 3 is 2.31 bits per heavy atom. The molecule has 0 aliphatic heterocycles. The maximum absolute atomic E-state index is 11.9. The molecule has 1 aromatic carbocycles. The van der Waals surface area contributed by atoms with Crippen LogP contribution in [0, 0.1) is 0 Å². The van der Waals surface area contributed by atoms with E-state index in [0.29, 0.717) is 25.7 Å². The predicted molar refractivity (Wildman–Crippen MR) is 105 cm³/mol. The number of benzene rings is 1. The van der Waals surface area contributed by atoms with Crippen LogP contribution >= 0.6 is 0 Å². The number of aliphatic imine (C=N–C) groups is 1. The highest BCUT2D eigenvalue weighted by Crippen LogP contribution is 2.09. The molecule has 0 bridgehead atoms. The molecule has 0 atom stereocenters. The number of para-hydroxylation sites is 1. The van der Waals surface area contributed by atoms with E-state index in [1.165, 1.54) is 0 Å². The molecule has 0 aromatic heterocycles. The number of carbonyl (C=O) groups is 1. The van der Waals surface area contributed by atoms with Gasteiger partial charge in [0.2, 0.25) is 0 Å². The van der Waals surface area contributed by atoms with Gasteiger partial charge in [-0.15, -0.1) is 0 Å². The minimum atomic E-state index is -0.524. The van der Waals surface area contributed by atoms with Crippen molar-refractivity contribution in [3.63, 3.8) is 0 Å².